The molecule has 0 aliphatic carbocycles. The molecule has 0 aromatic carbocycles. The maximum absolute atomic E-state index is 11.8. The Kier molecular flexibility index (Phi) is 4.82. The van der Waals surface area contributed by atoms with Gasteiger partial charge in [0.05, 0.1) is 12.7 Å². The second-order valence-corrected chi connectivity index (χ2v) is 3.84. The number of nitrogens with one attached hydrogen (secondary N) is 2. The Morgan fingerprint density at radius 3 is 2.65 bits per heavy atom. The molecule has 0 saturated heterocycles. The Morgan fingerprint density at radius 1 is 1.20 bits per heavy atom. The Labute approximate surface area is 116 Å². The van der Waals surface area contributed by atoms with Gasteiger partial charge in [0.25, 0.3) is 5.91 Å². The lowest BCUT2D eigenvalue weighted by Gasteiger charge is -2.06. The predicted molar refractivity (Wildman–Crippen MR) is 73.6 cm³/mol. The number of rotatable bonds is 6. The lowest BCUT2D eigenvalue weighted by Crippen LogP contribution is -2.29. The highest BCUT2D eigenvalue weighted by Crippen LogP contribution is 2.06. The van der Waals surface area contributed by atoms with Crippen LogP contribution in [0.5, 0.6) is 5.88 Å². The van der Waals surface area contributed by atoms with Gasteiger partial charge < -0.3 is 15.4 Å². The number of methoxy groups -OCH3 is 1. The van der Waals surface area contributed by atoms with E-state index < -0.39 is 0 Å². The average Bonchev–Trinajstić information content (AvgIpc) is 2.52. The van der Waals surface area contributed by atoms with E-state index in [0.29, 0.717) is 30.5 Å². The summed E-state index contributed by atoms with van der Waals surface area (Å²) in [6, 6.07) is 5.05. The average molecular weight is 273 g/mol. The summed E-state index contributed by atoms with van der Waals surface area (Å²) in [7, 11) is 1.53. The van der Waals surface area contributed by atoms with Gasteiger partial charge in [-0.3, -0.25) is 4.79 Å². The SMILES string of the molecule is COc1ccc(C(=O)NCCNc2ncccn2)cn1. The fraction of sp³-hybridized carbons (Fsp3) is 0.231. The number of ether oxygens (including phenoxy) is 1. The summed E-state index contributed by atoms with van der Waals surface area (Å²) >= 11 is 0. The molecule has 7 nitrogen and oxygen atoms in total. The third-order valence-corrected chi connectivity index (χ3v) is 2.47. The third-order valence-electron chi connectivity index (χ3n) is 2.47. The van der Waals surface area contributed by atoms with E-state index in [0.717, 1.165) is 0 Å². The first-order valence-electron chi connectivity index (χ1n) is 6.09. The van der Waals surface area contributed by atoms with E-state index in [1.807, 2.05) is 0 Å². The van der Waals surface area contributed by atoms with Gasteiger partial charge in [0, 0.05) is 37.7 Å². The smallest absolute Gasteiger partial charge is 0.252 e. The summed E-state index contributed by atoms with van der Waals surface area (Å²) < 4.78 is 4.93. The molecule has 2 aromatic heterocycles. The lowest BCUT2D eigenvalue weighted by atomic mass is 10.2. The van der Waals surface area contributed by atoms with E-state index in [4.69, 9.17) is 4.74 Å². The lowest BCUT2D eigenvalue weighted by molar-refractivity contribution is 0.0954. The molecule has 0 atom stereocenters. The van der Waals surface area contributed by atoms with Crippen LogP contribution in [0.3, 0.4) is 0 Å². The summed E-state index contributed by atoms with van der Waals surface area (Å²) in [6.07, 6.45) is 4.77. The number of pyridine rings is 1. The van der Waals surface area contributed by atoms with Crippen LogP contribution < -0.4 is 15.4 Å². The van der Waals surface area contributed by atoms with E-state index in [9.17, 15) is 4.79 Å². The molecule has 0 radical (unpaired) electrons. The Hall–Kier alpha value is -2.70. The van der Waals surface area contributed by atoms with Crippen molar-refractivity contribution < 1.29 is 9.53 Å². The second kappa shape index (κ2) is 7.03. The summed E-state index contributed by atoms with van der Waals surface area (Å²) in [4.78, 5) is 23.8. The van der Waals surface area contributed by atoms with Crippen molar-refractivity contribution in [2.45, 2.75) is 0 Å². The Balaban J connectivity index is 1.74. The molecule has 20 heavy (non-hydrogen) atoms. The number of carbonyl (C=O) groups excluding carboxylic acids is 1. The van der Waals surface area contributed by atoms with E-state index in [2.05, 4.69) is 25.6 Å². The predicted octanol–water partition coefficient (Wildman–Crippen LogP) is 0.722. The van der Waals surface area contributed by atoms with E-state index >= 15 is 0 Å². The first-order chi connectivity index (χ1) is 9.79. The van der Waals surface area contributed by atoms with Crippen LogP contribution in [0.1, 0.15) is 10.4 Å². The van der Waals surface area contributed by atoms with Gasteiger partial charge in [-0.1, -0.05) is 0 Å². The Bertz CT molecular complexity index is 544. The largest absolute Gasteiger partial charge is 0.481 e. The normalized spacial score (nSPS) is 9.85. The van der Waals surface area contributed by atoms with Crippen LogP contribution in [-0.2, 0) is 0 Å². The zero-order valence-electron chi connectivity index (χ0n) is 11.0. The van der Waals surface area contributed by atoms with Gasteiger partial charge >= 0.3 is 0 Å². The molecule has 0 aliphatic heterocycles. The highest BCUT2D eigenvalue weighted by Gasteiger charge is 2.05. The molecule has 2 N–H and O–H groups in total. The van der Waals surface area contributed by atoms with Crippen molar-refractivity contribution in [3.05, 3.63) is 42.4 Å². The summed E-state index contributed by atoms with van der Waals surface area (Å²) in [6.45, 7) is 1.00. The fourth-order valence-corrected chi connectivity index (χ4v) is 1.48. The van der Waals surface area contributed by atoms with Crippen LogP contribution in [-0.4, -0.2) is 41.1 Å². The van der Waals surface area contributed by atoms with Gasteiger partial charge in [-0.2, -0.15) is 0 Å². The quantitative estimate of drug-likeness (QED) is 0.754. The summed E-state index contributed by atoms with van der Waals surface area (Å²) in [5.41, 5.74) is 0.488. The zero-order chi connectivity index (χ0) is 14.2. The summed E-state index contributed by atoms with van der Waals surface area (Å²) in [5.74, 6) is 0.827. The molecule has 0 aliphatic rings. The molecular weight excluding hydrogens is 258 g/mol. The van der Waals surface area contributed by atoms with Crippen molar-refractivity contribution in [2.24, 2.45) is 0 Å². The number of hydrogen-bond donors (Lipinski definition) is 2. The maximum Gasteiger partial charge on any atom is 0.252 e. The molecular formula is C13H15N5O2. The van der Waals surface area contributed by atoms with Gasteiger partial charge in [-0.25, -0.2) is 15.0 Å². The minimum atomic E-state index is -0.184. The number of hydrogen-bond acceptors (Lipinski definition) is 6. The zero-order valence-corrected chi connectivity index (χ0v) is 11.0. The minimum absolute atomic E-state index is 0.184. The third kappa shape index (κ3) is 3.91. The van der Waals surface area contributed by atoms with Crippen LogP contribution in [0.15, 0.2) is 36.8 Å². The number of nitrogens with zero attached hydrogens (tertiary/aromatic N) is 3. The Morgan fingerprint density at radius 2 is 2.00 bits per heavy atom. The minimum Gasteiger partial charge on any atom is -0.481 e. The van der Waals surface area contributed by atoms with E-state index in [-0.39, 0.29) is 5.91 Å². The molecule has 2 aromatic rings. The first-order valence-corrected chi connectivity index (χ1v) is 6.09. The van der Waals surface area contributed by atoms with E-state index in [1.54, 1.807) is 30.6 Å². The molecule has 2 rings (SSSR count). The molecule has 2 heterocycles. The highest BCUT2D eigenvalue weighted by atomic mass is 16.5. The van der Waals surface area contributed by atoms with Crippen molar-refractivity contribution in [3.63, 3.8) is 0 Å². The first kappa shape index (κ1) is 13.7. The highest BCUT2D eigenvalue weighted by molar-refractivity contribution is 5.93. The van der Waals surface area contributed by atoms with Gasteiger partial charge in [0.1, 0.15) is 0 Å². The van der Waals surface area contributed by atoms with Gasteiger partial charge in [0.15, 0.2) is 0 Å². The maximum atomic E-state index is 11.8. The van der Waals surface area contributed by atoms with Gasteiger partial charge in [-0.15, -0.1) is 0 Å². The van der Waals surface area contributed by atoms with Crippen LogP contribution in [0.2, 0.25) is 0 Å². The molecule has 0 fully saturated rings. The van der Waals surface area contributed by atoms with Crippen molar-refractivity contribution in [1.29, 1.82) is 0 Å². The number of amides is 1. The van der Waals surface area contributed by atoms with Crippen LogP contribution >= 0.6 is 0 Å². The topological polar surface area (TPSA) is 89.0 Å². The van der Waals surface area contributed by atoms with Crippen molar-refractivity contribution in [1.82, 2.24) is 20.3 Å². The van der Waals surface area contributed by atoms with Crippen molar-refractivity contribution in [3.8, 4) is 5.88 Å². The fourth-order valence-electron chi connectivity index (χ4n) is 1.48. The molecule has 1 amide bonds. The summed E-state index contributed by atoms with van der Waals surface area (Å²) in [5, 5.41) is 5.77. The molecule has 0 bridgehead atoms. The van der Waals surface area contributed by atoms with Gasteiger partial charge in [0.2, 0.25) is 11.8 Å². The van der Waals surface area contributed by atoms with E-state index in [1.165, 1.54) is 13.3 Å². The second-order valence-electron chi connectivity index (χ2n) is 3.84. The van der Waals surface area contributed by atoms with Crippen LogP contribution in [0.4, 0.5) is 5.95 Å². The molecule has 7 heteroatoms. The van der Waals surface area contributed by atoms with Crippen molar-refractivity contribution >= 4 is 11.9 Å². The monoisotopic (exact) mass is 273 g/mol. The molecule has 0 saturated carbocycles. The molecule has 0 unspecified atom stereocenters. The number of anilines is 1. The van der Waals surface area contributed by atoms with Gasteiger partial charge in [-0.05, 0) is 12.1 Å². The molecule has 104 valence electrons. The van der Waals surface area contributed by atoms with Crippen LogP contribution in [0, 0.1) is 0 Å². The standard InChI is InChI=1S/C13H15N5O2/c1-20-11-4-3-10(9-18-11)12(19)14-7-8-17-13-15-5-2-6-16-13/h2-6,9H,7-8H2,1H3,(H,14,19)(H,15,16,17). The molecule has 0 spiro atoms. The van der Waals surface area contributed by atoms with Crippen molar-refractivity contribution in [2.75, 3.05) is 25.5 Å². The number of aromatic nitrogens is 3. The number of carbonyl (C=O) groups is 1. The van der Waals surface area contributed by atoms with Crippen LogP contribution in [0.25, 0.3) is 0 Å².